The molecule has 84 valence electrons. The first-order valence-corrected chi connectivity index (χ1v) is 5.25. The third kappa shape index (κ3) is 2.05. The van der Waals surface area contributed by atoms with Crippen molar-refractivity contribution in [3.8, 4) is 0 Å². The van der Waals surface area contributed by atoms with Crippen LogP contribution >= 0.6 is 0 Å². The number of anilines is 1. The van der Waals surface area contributed by atoms with Crippen molar-refractivity contribution in [3.05, 3.63) is 29.3 Å². The molecule has 1 N–H and O–H groups in total. The molecule has 1 aromatic carbocycles. The Bertz CT molecular complexity index is 428. The van der Waals surface area contributed by atoms with Gasteiger partial charge in [-0.15, -0.1) is 0 Å². The van der Waals surface area contributed by atoms with Crippen molar-refractivity contribution >= 4 is 17.9 Å². The number of aliphatic carboxylic acids is 1. The molecule has 1 aliphatic rings. The summed E-state index contributed by atoms with van der Waals surface area (Å²) in [6.45, 7) is 1.37. The lowest BCUT2D eigenvalue weighted by Crippen LogP contribution is -2.23. The molecule has 0 unspecified atom stereocenters. The molecule has 0 atom stereocenters. The van der Waals surface area contributed by atoms with Crippen LogP contribution in [0.3, 0.4) is 0 Å². The van der Waals surface area contributed by atoms with Crippen LogP contribution in [0.5, 0.6) is 0 Å². The Kier molecular flexibility index (Phi) is 2.90. The van der Waals surface area contributed by atoms with Crippen LogP contribution in [0.15, 0.2) is 18.2 Å². The number of nitrogens with zero attached hydrogens (tertiary/aromatic N) is 1. The number of benzene rings is 1. The van der Waals surface area contributed by atoms with Gasteiger partial charge in [-0.2, -0.15) is 0 Å². The molecular formula is C12H13NO3. The number of hydrogen-bond donors (Lipinski definition) is 1. The van der Waals surface area contributed by atoms with Gasteiger partial charge in [-0.05, 0) is 30.2 Å². The van der Waals surface area contributed by atoms with E-state index in [9.17, 15) is 9.59 Å². The Labute approximate surface area is 93.5 Å². The highest BCUT2D eigenvalue weighted by atomic mass is 16.4. The number of carboxylic acids is 1. The fourth-order valence-electron chi connectivity index (χ4n) is 2.03. The van der Waals surface area contributed by atoms with Crippen LogP contribution in [0.4, 0.5) is 5.69 Å². The molecule has 2 rings (SSSR count). The van der Waals surface area contributed by atoms with Crippen LogP contribution in [0, 0.1) is 0 Å². The third-order valence-electron chi connectivity index (χ3n) is 2.83. The van der Waals surface area contributed by atoms with E-state index in [0.29, 0.717) is 12.1 Å². The predicted molar refractivity (Wildman–Crippen MR) is 60.0 cm³/mol. The summed E-state index contributed by atoms with van der Waals surface area (Å²) in [5, 5.41) is 8.63. The minimum atomic E-state index is -0.780. The first-order valence-electron chi connectivity index (χ1n) is 5.25. The monoisotopic (exact) mass is 219 g/mol. The first-order chi connectivity index (χ1) is 7.70. The van der Waals surface area contributed by atoms with Crippen LogP contribution < -0.4 is 4.90 Å². The van der Waals surface area contributed by atoms with E-state index in [2.05, 4.69) is 4.90 Å². The van der Waals surface area contributed by atoms with Gasteiger partial charge in [0.25, 0.3) is 0 Å². The molecule has 0 saturated carbocycles. The number of rotatable bonds is 4. The molecule has 1 aromatic rings. The fourth-order valence-corrected chi connectivity index (χ4v) is 2.03. The molecule has 0 saturated heterocycles. The number of hydrogen-bond acceptors (Lipinski definition) is 3. The van der Waals surface area contributed by atoms with Crippen molar-refractivity contribution < 1.29 is 14.7 Å². The number of carboxylic acid groups (broad SMARTS) is 1. The summed E-state index contributed by atoms with van der Waals surface area (Å²) in [5.74, 6) is -0.780. The molecule has 0 aromatic heterocycles. The molecule has 0 amide bonds. The maximum absolute atomic E-state index is 10.6. The molecule has 0 aliphatic carbocycles. The second kappa shape index (κ2) is 4.35. The molecule has 0 spiro atoms. The standard InChI is InChI=1S/C12H13NO3/c14-8-9-1-2-11-10(7-9)3-5-13(11)6-4-12(15)16/h1-2,7-8H,3-6H2,(H,15,16). The number of aldehydes is 1. The summed E-state index contributed by atoms with van der Waals surface area (Å²) in [6.07, 6.45) is 1.87. The lowest BCUT2D eigenvalue weighted by Gasteiger charge is -2.17. The second-order valence-corrected chi connectivity index (χ2v) is 3.89. The molecule has 1 aliphatic heterocycles. The van der Waals surface area contributed by atoms with Crippen LogP contribution in [0.2, 0.25) is 0 Å². The van der Waals surface area contributed by atoms with E-state index in [1.54, 1.807) is 6.07 Å². The van der Waals surface area contributed by atoms with Gasteiger partial charge < -0.3 is 10.0 Å². The number of carbonyl (C=O) groups is 2. The Morgan fingerprint density at radius 1 is 1.50 bits per heavy atom. The van der Waals surface area contributed by atoms with Gasteiger partial charge in [-0.1, -0.05) is 0 Å². The quantitative estimate of drug-likeness (QED) is 0.776. The minimum Gasteiger partial charge on any atom is -0.481 e. The SMILES string of the molecule is O=Cc1ccc2c(c1)CCN2CCC(=O)O. The highest BCUT2D eigenvalue weighted by Crippen LogP contribution is 2.28. The van der Waals surface area contributed by atoms with Crippen molar-refractivity contribution in [3.63, 3.8) is 0 Å². The van der Waals surface area contributed by atoms with E-state index in [1.807, 2.05) is 12.1 Å². The summed E-state index contributed by atoms with van der Waals surface area (Å²) in [7, 11) is 0. The van der Waals surface area contributed by atoms with Gasteiger partial charge in [0, 0.05) is 24.3 Å². The fraction of sp³-hybridized carbons (Fsp3) is 0.333. The zero-order valence-corrected chi connectivity index (χ0v) is 8.85. The van der Waals surface area contributed by atoms with Gasteiger partial charge in [-0.3, -0.25) is 9.59 Å². The smallest absolute Gasteiger partial charge is 0.305 e. The van der Waals surface area contributed by atoms with Crippen molar-refractivity contribution in [2.45, 2.75) is 12.8 Å². The molecule has 4 nitrogen and oxygen atoms in total. The Morgan fingerprint density at radius 3 is 3.00 bits per heavy atom. The van der Waals surface area contributed by atoms with Crippen LogP contribution in [0.25, 0.3) is 0 Å². The van der Waals surface area contributed by atoms with E-state index in [1.165, 1.54) is 0 Å². The van der Waals surface area contributed by atoms with E-state index < -0.39 is 5.97 Å². The van der Waals surface area contributed by atoms with Gasteiger partial charge in [0.05, 0.1) is 6.42 Å². The second-order valence-electron chi connectivity index (χ2n) is 3.89. The normalized spacial score (nSPS) is 13.6. The Balaban J connectivity index is 2.14. The first kappa shape index (κ1) is 10.7. The molecule has 0 fully saturated rings. The molecule has 0 bridgehead atoms. The minimum absolute atomic E-state index is 0.148. The summed E-state index contributed by atoms with van der Waals surface area (Å²) in [5.41, 5.74) is 2.88. The number of fused-ring (bicyclic) bond motifs is 1. The van der Waals surface area contributed by atoms with Crippen molar-refractivity contribution in [1.29, 1.82) is 0 Å². The van der Waals surface area contributed by atoms with Crippen LogP contribution in [-0.2, 0) is 11.2 Å². The van der Waals surface area contributed by atoms with Gasteiger partial charge in [-0.25, -0.2) is 0 Å². The maximum atomic E-state index is 10.6. The Morgan fingerprint density at radius 2 is 2.31 bits per heavy atom. The summed E-state index contributed by atoms with van der Waals surface area (Å²) in [4.78, 5) is 23.2. The average Bonchev–Trinajstić information content (AvgIpc) is 2.68. The predicted octanol–water partition coefficient (Wildman–Crippen LogP) is 1.34. The summed E-state index contributed by atoms with van der Waals surface area (Å²) < 4.78 is 0. The van der Waals surface area contributed by atoms with E-state index >= 15 is 0 Å². The topological polar surface area (TPSA) is 57.6 Å². The maximum Gasteiger partial charge on any atom is 0.305 e. The van der Waals surface area contributed by atoms with Gasteiger partial charge in [0.2, 0.25) is 0 Å². The Hall–Kier alpha value is -1.84. The lowest BCUT2D eigenvalue weighted by atomic mass is 10.1. The molecular weight excluding hydrogens is 206 g/mol. The van der Waals surface area contributed by atoms with Crippen LogP contribution in [-0.4, -0.2) is 30.5 Å². The van der Waals surface area contributed by atoms with E-state index in [-0.39, 0.29) is 6.42 Å². The highest BCUT2D eigenvalue weighted by molar-refractivity contribution is 5.77. The van der Waals surface area contributed by atoms with Crippen LogP contribution in [0.1, 0.15) is 22.3 Å². The summed E-state index contributed by atoms with van der Waals surface area (Å²) in [6, 6.07) is 5.54. The highest BCUT2D eigenvalue weighted by Gasteiger charge is 2.19. The molecule has 4 heteroatoms. The van der Waals surface area contributed by atoms with Gasteiger partial charge in [0.1, 0.15) is 6.29 Å². The molecule has 16 heavy (non-hydrogen) atoms. The van der Waals surface area contributed by atoms with Crippen molar-refractivity contribution in [1.82, 2.24) is 0 Å². The van der Waals surface area contributed by atoms with Gasteiger partial charge >= 0.3 is 5.97 Å². The lowest BCUT2D eigenvalue weighted by molar-refractivity contribution is -0.136. The third-order valence-corrected chi connectivity index (χ3v) is 2.83. The van der Waals surface area contributed by atoms with E-state index in [0.717, 1.165) is 30.5 Å². The van der Waals surface area contributed by atoms with E-state index in [4.69, 9.17) is 5.11 Å². The zero-order valence-electron chi connectivity index (χ0n) is 8.85. The molecule has 0 radical (unpaired) electrons. The van der Waals surface area contributed by atoms with Crippen molar-refractivity contribution in [2.75, 3.05) is 18.0 Å². The zero-order chi connectivity index (χ0) is 11.5. The number of carbonyl (C=O) groups excluding carboxylic acids is 1. The average molecular weight is 219 g/mol. The largest absolute Gasteiger partial charge is 0.481 e. The molecule has 1 heterocycles. The summed E-state index contributed by atoms with van der Waals surface area (Å²) >= 11 is 0. The van der Waals surface area contributed by atoms with Gasteiger partial charge in [0.15, 0.2) is 0 Å². The van der Waals surface area contributed by atoms with Crippen molar-refractivity contribution in [2.24, 2.45) is 0 Å².